The summed E-state index contributed by atoms with van der Waals surface area (Å²) in [5.74, 6) is -0.0433. The summed E-state index contributed by atoms with van der Waals surface area (Å²) in [6, 6.07) is 7.42. The second kappa shape index (κ2) is 5.85. The van der Waals surface area contributed by atoms with Crippen molar-refractivity contribution in [2.75, 3.05) is 20.1 Å². The van der Waals surface area contributed by atoms with E-state index in [9.17, 15) is 9.59 Å². The molecule has 0 radical (unpaired) electrons. The lowest BCUT2D eigenvalue weighted by Crippen LogP contribution is -2.50. The normalized spacial score (nSPS) is 24.5. The molecule has 2 N–H and O–H groups in total. The van der Waals surface area contributed by atoms with E-state index in [-0.39, 0.29) is 23.9 Å². The second-order valence-corrected chi connectivity index (χ2v) is 5.64. The van der Waals surface area contributed by atoms with Crippen LogP contribution in [0.3, 0.4) is 0 Å². The summed E-state index contributed by atoms with van der Waals surface area (Å²) < 4.78 is 0. The molecule has 5 nitrogen and oxygen atoms in total. The molecule has 2 aliphatic rings. The van der Waals surface area contributed by atoms with Crippen LogP contribution < -0.4 is 10.6 Å². The number of hydrogen-bond acceptors (Lipinski definition) is 3. The molecule has 1 aromatic carbocycles. The molecule has 0 bridgehead atoms. The number of nitrogens with one attached hydrogen (secondary N) is 2. The third kappa shape index (κ3) is 2.53. The Morgan fingerprint density at radius 3 is 2.95 bits per heavy atom. The maximum Gasteiger partial charge on any atom is 0.245 e. The fourth-order valence-electron chi connectivity index (χ4n) is 3.36. The molecule has 0 aromatic heterocycles. The highest BCUT2D eigenvalue weighted by molar-refractivity contribution is 5.91. The molecule has 1 saturated heterocycles. The molecule has 21 heavy (non-hydrogen) atoms. The van der Waals surface area contributed by atoms with Crippen molar-refractivity contribution in [2.24, 2.45) is 0 Å². The lowest BCUT2D eigenvalue weighted by atomic mass is 9.93. The Kier molecular flexibility index (Phi) is 3.92. The molecular formula is C16H21N3O2. The van der Waals surface area contributed by atoms with E-state index in [1.54, 1.807) is 11.9 Å². The van der Waals surface area contributed by atoms with Crippen LogP contribution in [-0.2, 0) is 16.0 Å². The summed E-state index contributed by atoms with van der Waals surface area (Å²) in [6.07, 6.45) is 2.58. The van der Waals surface area contributed by atoms with Crippen molar-refractivity contribution in [1.82, 2.24) is 15.5 Å². The Morgan fingerprint density at radius 1 is 1.33 bits per heavy atom. The van der Waals surface area contributed by atoms with Crippen molar-refractivity contribution >= 4 is 11.8 Å². The van der Waals surface area contributed by atoms with Crippen molar-refractivity contribution in [3.63, 3.8) is 0 Å². The summed E-state index contributed by atoms with van der Waals surface area (Å²) in [7, 11) is 1.62. The van der Waals surface area contributed by atoms with Gasteiger partial charge in [0.05, 0.1) is 0 Å². The van der Waals surface area contributed by atoms with Crippen molar-refractivity contribution < 1.29 is 9.59 Å². The number of likely N-dealkylation sites (tertiary alicyclic amines) is 1. The van der Waals surface area contributed by atoms with Crippen LogP contribution in [0.2, 0.25) is 0 Å². The molecule has 0 spiro atoms. The maximum absolute atomic E-state index is 12.9. The van der Waals surface area contributed by atoms with Gasteiger partial charge in [-0.05, 0) is 30.4 Å². The largest absolute Gasteiger partial charge is 0.357 e. The van der Waals surface area contributed by atoms with Gasteiger partial charge >= 0.3 is 0 Å². The van der Waals surface area contributed by atoms with E-state index < -0.39 is 0 Å². The summed E-state index contributed by atoms with van der Waals surface area (Å²) >= 11 is 0. The quantitative estimate of drug-likeness (QED) is 0.838. The van der Waals surface area contributed by atoms with Gasteiger partial charge in [0.15, 0.2) is 0 Å². The predicted octanol–water partition coefficient (Wildman–Crippen LogP) is 0.610. The minimum atomic E-state index is -0.321. The highest BCUT2D eigenvalue weighted by Gasteiger charge is 2.38. The van der Waals surface area contributed by atoms with E-state index in [1.807, 2.05) is 18.2 Å². The third-order valence-corrected chi connectivity index (χ3v) is 4.44. The Balaban J connectivity index is 1.84. The zero-order chi connectivity index (χ0) is 14.8. The average Bonchev–Trinajstić information content (AvgIpc) is 3.02. The minimum absolute atomic E-state index is 0.0215. The van der Waals surface area contributed by atoms with Crippen LogP contribution in [0.25, 0.3) is 0 Å². The van der Waals surface area contributed by atoms with Gasteiger partial charge in [-0.3, -0.25) is 9.59 Å². The van der Waals surface area contributed by atoms with Crippen molar-refractivity contribution in [3.8, 4) is 0 Å². The summed E-state index contributed by atoms with van der Waals surface area (Å²) in [5, 5.41) is 5.97. The van der Waals surface area contributed by atoms with Gasteiger partial charge in [-0.2, -0.15) is 0 Å². The number of carbonyl (C=O) groups excluding carboxylic acids is 2. The first-order chi connectivity index (χ1) is 10.2. The molecular weight excluding hydrogens is 266 g/mol. The summed E-state index contributed by atoms with van der Waals surface area (Å²) in [5.41, 5.74) is 2.28. The number of hydrogen-bond donors (Lipinski definition) is 2. The molecule has 2 amide bonds. The van der Waals surface area contributed by atoms with E-state index in [0.717, 1.165) is 31.4 Å². The van der Waals surface area contributed by atoms with Crippen LogP contribution in [-0.4, -0.2) is 42.9 Å². The van der Waals surface area contributed by atoms with Gasteiger partial charge in [-0.15, -0.1) is 0 Å². The number of carbonyl (C=O) groups is 2. The maximum atomic E-state index is 12.9. The van der Waals surface area contributed by atoms with Gasteiger partial charge in [0.2, 0.25) is 11.8 Å². The molecule has 5 heteroatoms. The Labute approximate surface area is 124 Å². The second-order valence-electron chi connectivity index (χ2n) is 5.64. The van der Waals surface area contributed by atoms with Crippen LogP contribution in [0.1, 0.15) is 30.0 Å². The monoisotopic (exact) mass is 287 g/mol. The van der Waals surface area contributed by atoms with E-state index in [1.165, 1.54) is 5.56 Å². The van der Waals surface area contributed by atoms with Crippen LogP contribution in [0.5, 0.6) is 0 Å². The molecule has 3 rings (SSSR count). The first-order valence-corrected chi connectivity index (χ1v) is 7.55. The number of fused-ring (bicyclic) bond motifs is 1. The van der Waals surface area contributed by atoms with E-state index in [4.69, 9.17) is 0 Å². The molecule has 112 valence electrons. The molecule has 2 atom stereocenters. The van der Waals surface area contributed by atoms with Gasteiger partial charge < -0.3 is 15.5 Å². The molecule has 1 fully saturated rings. The Hall–Kier alpha value is -1.88. The highest BCUT2D eigenvalue weighted by atomic mass is 16.2. The van der Waals surface area contributed by atoms with Crippen LogP contribution in [0, 0.1) is 0 Å². The average molecular weight is 287 g/mol. The fraction of sp³-hybridized carbons (Fsp3) is 0.500. The first-order valence-electron chi connectivity index (χ1n) is 7.55. The molecule has 2 heterocycles. The molecule has 1 aromatic rings. The zero-order valence-electron chi connectivity index (χ0n) is 12.3. The van der Waals surface area contributed by atoms with E-state index in [2.05, 4.69) is 16.7 Å². The van der Waals surface area contributed by atoms with Gasteiger partial charge in [-0.1, -0.05) is 24.3 Å². The fourth-order valence-corrected chi connectivity index (χ4v) is 3.36. The van der Waals surface area contributed by atoms with Crippen molar-refractivity contribution in [3.05, 3.63) is 35.4 Å². The SMILES string of the molecule is CNC(=O)C1CCCN1C(=O)C1NCCc2ccccc21. The number of amides is 2. The standard InChI is InChI=1S/C16H21N3O2/c1-17-15(20)13-7-4-10-19(13)16(21)14-12-6-3-2-5-11(12)8-9-18-14/h2-3,5-6,13-14,18H,4,7-10H2,1H3,(H,17,20). The van der Waals surface area contributed by atoms with Gasteiger partial charge in [0.1, 0.15) is 12.1 Å². The smallest absolute Gasteiger partial charge is 0.245 e. The van der Waals surface area contributed by atoms with Crippen LogP contribution in [0.4, 0.5) is 0 Å². The lowest BCUT2D eigenvalue weighted by molar-refractivity contribution is -0.140. The van der Waals surface area contributed by atoms with Gasteiger partial charge in [-0.25, -0.2) is 0 Å². The van der Waals surface area contributed by atoms with Gasteiger partial charge in [0, 0.05) is 20.1 Å². The van der Waals surface area contributed by atoms with E-state index >= 15 is 0 Å². The topological polar surface area (TPSA) is 61.4 Å². The minimum Gasteiger partial charge on any atom is -0.357 e. The summed E-state index contributed by atoms with van der Waals surface area (Å²) in [6.45, 7) is 1.46. The Bertz CT molecular complexity index is 558. The number of benzene rings is 1. The zero-order valence-corrected chi connectivity index (χ0v) is 12.3. The lowest BCUT2D eigenvalue weighted by Gasteiger charge is -2.32. The molecule has 2 unspecified atom stereocenters. The van der Waals surface area contributed by atoms with Crippen molar-refractivity contribution in [2.45, 2.75) is 31.3 Å². The number of likely N-dealkylation sites (N-methyl/N-ethyl adjacent to an activating group) is 1. The highest BCUT2D eigenvalue weighted by Crippen LogP contribution is 2.27. The molecule has 0 aliphatic carbocycles. The van der Waals surface area contributed by atoms with Crippen LogP contribution >= 0.6 is 0 Å². The number of rotatable bonds is 2. The van der Waals surface area contributed by atoms with Crippen molar-refractivity contribution in [1.29, 1.82) is 0 Å². The predicted molar refractivity (Wildman–Crippen MR) is 79.7 cm³/mol. The van der Waals surface area contributed by atoms with Crippen LogP contribution in [0.15, 0.2) is 24.3 Å². The number of nitrogens with zero attached hydrogens (tertiary/aromatic N) is 1. The summed E-state index contributed by atoms with van der Waals surface area (Å²) in [4.78, 5) is 26.5. The molecule has 0 saturated carbocycles. The molecule has 2 aliphatic heterocycles. The first kappa shape index (κ1) is 14.1. The third-order valence-electron chi connectivity index (χ3n) is 4.44. The Morgan fingerprint density at radius 2 is 2.14 bits per heavy atom. The van der Waals surface area contributed by atoms with Gasteiger partial charge in [0.25, 0.3) is 0 Å². The van der Waals surface area contributed by atoms with E-state index in [0.29, 0.717) is 6.54 Å².